The molecule has 0 bridgehead atoms. The maximum absolute atomic E-state index is 12.9. The summed E-state index contributed by atoms with van der Waals surface area (Å²) in [6.45, 7) is 0.357. The van der Waals surface area contributed by atoms with E-state index in [0.29, 0.717) is 46.5 Å². The molecule has 174 valence electrons. The Hall–Kier alpha value is -3.66. The zero-order valence-corrected chi connectivity index (χ0v) is 18.7. The minimum Gasteiger partial charge on any atom is -0.383 e. The summed E-state index contributed by atoms with van der Waals surface area (Å²) in [4.78, 5) is 27.0. The van der Waals surface area contributed by atoms with Gasteiger partial charge in [-0.2, -0.15) is 13.2 Å². The molecule has 3 aromatic heterocycles. The molecular formula is C23H18ClF3N6O. The van der Waals surface area contributed by atoms with Gasteiger partial charge >= 0.3 is 6.18 Å². The third kappa shape index (κ3) is 3.73. The van der Waals surface area contributed by atoms with E-state index in [1.54, 1.807) is 12.1 Å². The lowest BCUT2D eigenvalue weighted by Crippen LogP contribution is -2.30. The van der Waals surface area contributed by atoms with Gasteiger partial charge in [0, 0.05) is 31.0 Å². The van der Waals surface area contributed by atoms with Crippen LogP contribution in [0.3, 0.4) is 0 Å². The topological polar surface area (TPSA) is 89.9 Å². The molecule has 1 amide bonds. The number of fused-ring (bicyclic) bond motifs is 2. The van der Waals surface area contributed by atoms with Gasteiger partial charge in [-0.3, -0.25) is 4.79 Å². The van der Waals surface area contributed by atoms with Crippen LogP contribution < -0.4 is 10.6 Å². The van der Waals surface area contributed by atoms with E-state index in [0.717, 1.165) is 17.0 Å². The van der Waals surface area contributed by atoms with Crippen molar-refractivity contribution < 1.29 is 18.0 Å². The van der Waals surface area contributed by atoms with Crippen molar-refractivity contribution in [2.45, 2.75) is 19.0 Å². The third-order valence-electron chi connectivity index (χ3n) is 5.82. The van der Waals surface area contributed by atoms with Crippen molar-refractivity contribution in [1.29, 1.82) is 0 Å². The van der Waals surface area contributed by atoms with Crippen LogP contribution in [0.4, 0.5) is 24.7 Å². The summed E-state index contributed by atoms with van der Waals surface area (Å²) >= 11 is 6.70. The van der Waals surface area contributed by atoms with Crippen molar-refractivity contribution in [3.8, 4) is 11.4 Å². The van der Waals surface area contributed by atoms with E-state index in [9.17, 15) is 18.0 Å². The molecular weight excluding hydrogens is 469 g/mol. The molecule has 1 aliphatic rings. The molecule has 5 rings (SSSR count). The van der Waals surface area contributed by atoms with Crippen LogP contribution in [0.15, 0.2) is 42.6 Å². The number of hydrogen-bond donors (Lipinski definition) is 1. The number of aromatic nitrogens is 4. The number of halogens is 4. The number of carbonyl (C=O) groups is 1. The van der Waals surface area contributed by atoms with Gasteiger partial charge in [-0.05, 0) is 42.3 Å². The van der Waals surface area contributed by atoms with Gasteiger partial charge in [0.25, 0.3) is 0 Å². The number of nitrogen functional groups attached to an aromatic ring is 1. The SMILES string of the molecule is Cn1ccc2c(N)nc(-c3ccc4c(c3Cl)CCN4C(=O)Cc3cccc(C(F)(F)F)n3)nc21. The Labute approximate surface area is 197 Å². The number of pyridine rings is 1. The highest BCUT2D eigenvalue weighted by molar-refractivity contribution is 6.34. The molecule has 0 atom stereocenters. The normalized spacial score (nSPS) is 13.5. The number of nitrogens with two attached hydrogens (primary N) is 1. The smallest absolute Gasteiger partial charge is 0.383 e. The molecule has 0 radical (unpaired) electrons. The number of alkyl halides is 3. The number of anilines is 2. The molecule has 4 aromatic rings. The quantitative estimate of drug-likeness (QED) is 0.463. The molecule has 1 aliphatic heterocycles. The maximum Gasteiger partial charge on any atom is 0.433 e. The Morgan fingerprint density at radius 2 is 1.94 bits per heavy atom. The standard InChI is InChI=1S/C23H18ClF3N6O/c1-32-9-7-15-20(28)30-21(31-22(15)32)14-5-6-16-13(19(14)24)8-10-33(16)18(34)11-12-3-2-4-17(29-12)23(25,26)27/h2-7,9H,8,10-11H2,1H3,(H2,28,30,31). The summed E-state index contributed by atoms with van der Waals surface area (Å²) in [6.07, 6.45) is -2.50. The van der Waals surface area contributed by atoms with E-state index >= 15 is 0 Å². The van der Waals surface area contributed by atoms with Crippen LogP contribution in [-0.4, -0.2) is 32.0 Å². The lowest BCUT2D eigenvalue weighted by molar-refractivity contribution is -0.141. The van der Waals surface area contributed by atoms with Crippen molar-refractivity contribution in [2.24, 2.45) is 7.05 Å². The van der Waals surface area contributed by atoms with Crippen LogP contribution >= 0.6 is 11.6 Å². The average molecular weight is 487 g/mol. The van der Waals surface area contributed by atoms with Crippen LogP contribution in [-0.2, 0) is 30.9 Å². The first-order chi connectivity index (χ1) is 16.1. The summed E-state index contributed by atoms with van der Waals surface area (Å²) in [5.41, 5.74) is 7.75. The van der Waals surface area contributed by atoms with E-state index in [-0.39, 0.29) is 18.0 Å². The van der Waals surface area contributed by atoms with Crippen LogP contribution in [0.5, 0.6) is 0 Å². The Bertz CT molecular complexity index is 1450. The highest BCUT2D eigenvalue weighted by Crippen LogP contribution is 2.40. The molecule has 34 heavy (non-hydrogen) atoms. The van der Waals surface area contributed by atoms with Gasteiger partial charge in [-0.25, -0.2) is 15.0 Å². The van der Waals surface area contributed by atoms with Crippen molar-refractivity contribution >= 4 is 40.0 Å². The molecule has 11 heteroatoms. The summed E-state index contributed by atoms with van der Waals surface area (Å²) in [6, 6.07) is 8.83. The number of rotatable bonds is 3. The van der Waals surface area contributed by atoms with Gasteiger partial charge in [0.05, 0.1) is 22.5 Å². The monoisotopic (exact) mass is 486 g/mol. The first-order valence-corrected chi connectivity index (χ1v) is 10.7. The number of aryl methyl sites for hydroxylation is 1. The van der Waals surface area contributed by atoms with Gasteiger partial charge in [-0.1, -0.05) is 17.7 Å². The molecule has 0 saturated heterocycles. The van der Waals surface area contributed by atoms with Crippen LogP contribution in [0.2, 0.25) is 5.02 Å². The molecule has 0 fully saturated rings. The lowest BCUT2D eigenvalue weighted by Gasteiger charge is -2.18. The Kier molecular flexibility index (Phi) is 5.20. The van der Waals surface area contributed by atoms with Crippen molar-refractivity contribution in [2.75, 3.05) is 17.2 Å². The predicted molar refractivity (Wildman–Crippen MR) is 122 cm³/mol. The summed E-state index contributed by atoms with van der Waals surface area (Å²) < 4.78 is 40.7. The second kappa shape index (κ2) is 7.98. The minimum atomic E-state index is -4.57. The summed E-state index contributed by atoms with van der Waals surface area (Å²) in [7, 11) is 1.85. The Balaban J connectivity index is 1.45. The van der Waals surface area contributed by atoms with E-state index < -0.39 is 11.9 Å². The van der Waals surface area contributed by atoms with Crippen LogP contribution in [0, 0.1) is 0 Å². The number of benzene rings is 1. The molecule has 0 spiro atoms. The minimum absolute atomic E-state index is 0.0516. The van der Waals surface area contributed by atoms with Crippen molar-refractivity contribution in [3.63, 3.8) is 0 Å². The van der Waals surface area contributed by atoms with Gasteiger partial charge in [0.1, 0.15) is 17.2 Å². The molecule has 0 saturated carbocycles. The molecule has 1 aromatic carbocycles. The van der Waals surface area contributed by atoms with Crippen molar-refractivity contribution in [3.05, 3.63) is 64.6 Å². The predicted octanol–water partition coefficient (Wildman–Crippen LogP) is 4.42. The summed E-state index contributed by atoms with van der Waals surface area (Å²) in [5.74, 6) is 0.347. The fourth-order valence-electron chi connectivity index (χ4n) is 4.14. The number of hydrogen-bond acceptors (Lipinski definition) is 5. The van der Waals surface area contributed by atoms with Gasteiger partial charge < -0.3 is 15.2 Å². The molecule has 0 aliphatic carbocycles. The molecule has 2 N–H and O–H groups in total. The number of nitrogens with zero attached hydrogens (tertiary/aromatic N) is 5. The molecule has 0 unspecified atom stereocenters. The average Bonchev–Trinajstić information content (AvgIpc) is 3.38. The van der Waals surface area contributed by atoms with Gasteiger partial charge in [0.15, 0.2) is 5.82 Å². The van der Waals surface area contributed by atoms with Crippen LogP contribution in [0.1, 0.15) is 17.0 Å². The number of amides is 1. The second-order valence-electron chi connectivity index (χ2n) is 8.01. The van der Waals surface area contributed by atoms with Crippen molar-refractivity contribution in [1.82, 2.24) is 19.5 Å². The Morgan fingerprint density at radius 1 is 1.15 bits per heavy atom. The van der Waals surface area contributed by atoms with E-state index in [4.69, 9.17) is 17.3 Å². The maximum atomic E-state index is 12.9. The van der Waals surface area contributed by atoms with E-state index in [2.05, 4.69) is 15.0 Å². The fourth-order valence-corrected chi connectivity index (χ4v) is 4.48. The molecule has 7 nitrogen and oxygen atoms in total. The zero-order valence-electron chi connectivity index (χ0n) is 17.9. The Morgan fingerprint density at radius 3 is 2.71 bits per heavy atom. The first kappa shape index (κ1) is 22.1. The lowest BCUT2D eigenvalue weighted by atomic mass is 10.1. The van der Waals surface area contributed by atoms with Gasteiger partial charge in [0.2, 0.25) is 5.91 Å². The highest BCUT2D eigenvalue weighted by Gasteiger charge is 2.33. The van der Waals surface area contributed by atoms with E-state index in [1.165, 1.54) is 17.0 Å². The number of carbonyl (C=O) groups excluding carboxylic acids is 1. The van der Waals surface area contributed by atoms with Crippen LogP contribution in [0.25, 0.3) is 22.4 Å². The molecule has 4 heterocycles. The second-order valence-corrected chi connectivity index (χ2v) is 8.38. The fraction of sp³-hybridized carbons (Fsp3) is 0.217. The largest absolute Gasteiger partial charge is 0.433 e. The first-order valence-electron chi connectivity index (χ1n) is 10.4. The third-order valence-corrected chi connectivity index (χ3v) is 6.25. The summed E-state index contributed by atoms with van der Waals surface area (Å²) in [5, 5.41) is 1.15. The van der Waals surface area contributed by atoms with Gasteiger partial charge in [-0.15, -0.1) is 0 Å². The van der Waals surface area contributed by atoms with E-state index in [1.807, 2.05) is 23.9 Å². The highest BCUT2D eigenvalue weighted by atomic mass is 35.5. The zero-order chi connectivity index (χ0) is 24.2.